The summed E-state index contributed by atoms with van der Waals surface area (Å²) < 4.78 is 12.2. The van der Waals surface area contributed by atoms with Gasteiger partial charge in [0, 0.05) is 18.7 Å². The fourth-order valence-corrected chi connectivity index (χ4v) is 4.30. The molecule has 1 aliphatic rings. The lowest BCUT2D eigenvalue weighted by Gasteiger charge is -2.15. The Morgan fingerprint density at radius 3 is 2.56 bits per heavy atom. The van der Waals surface area contributed by atoms with Crippen molar-refractivity contribution in [1.82, 2.24) is 4.90 Å². The lowest BCUT2D eigenvalue weighted by Crippen LogP contribution is -2.27. The molecule has 2 aromatic carbocycles. The van der Waals surface area contributed by atoms with Crippen molar-refractivity contribution in [2.45, 2.75) is 13.5 Å². The summed E-state index contributed by atoms with van der Waals surface area (Å²) in [5.74, 6) is 0.551. The minimum absolute atomic E-state index is 0.00629. The molecule has 2 aromatic rings. The molecule has 0 saturated carbocycles. The molecule has 10 heteroatoms. The van der Waals surface area contributed by atoms with Crippen LogP contribution in [0.2, 0.25) is 0 Å². The van der Waals surface area contributed by atoms with Gasteiger partial charge in [-0.25, -0.2) is 0 Å². The van der Waals surface area contributed by atoms with Crippen LogP contribution < -0.4 is 9.47 Å². The Hall–Kier alpha value is -3.11. The topological polar surface area (TPSA) is 99.0 Å². The summed E-state index contributed by atoms with van der Waals surface area (Å²) in [6.45, 7) is 6.12. The van der Waals surface area contributed by atoms with Gasteiger partial charge in [0.05, 0.1) is 20.9 Å². The van der Waals surface area contributed by atoms with Crippen LogP contribution in [0, 0.1) is 10.1 Å². The van der Waals surface area contributed by atoms with E-state index in [0.717, 1.165) is 22.2 Å². The molecule has 1 saturated heterocycles. The minimum atomic E-state index is -0.459. The second-order valence-corrected chi connectivity index (χ2v) is 8.40. The van der Waals surface area contributed by atoms with Gasteiger partial charge in [-0.1, -0.05) is 6.08 Å². The number of amides is 2. The van der Waals surface area contributed by atoms with Crippen LogP contribution in [0.25, 0.3) is 6.08 Å². The van der Waals surface area contributed by atoms with Crippen LogP contribution in [0.3, 0.4) is 0 Å². The standard InChI is InChI=1S/C22H19BrN2O6S/c1-3-9-24-21(26)19(32-22(24)27)12-15-10-17(23)20(18(11-15)30-4-2)31-13-14-5-7-16(8-6-14)25(28)29/h3,5-8,10-12H,1,4,9,13H2,2H3/b19-12+. The number of ether oxygens (including phenoxy) is 2. The summed E-state index contributed by atoms with van der Waals surface area (Å²) >= 11 is 4.35. The van der Waals surface area contributed by atoms with Crippen molar-refractivity contribution >= 4 is 50.6 Å². The monoisotopic (exact) mass is 518 g/mol. The largest absolute Gasteiger partial charge is 0.490 e. The lowest BCUT2D eigenvalue weighted by atomic mass is 10.1. The van der Waals surface area contributed by atoms with Gasteiger partial charge < -0.3 is 9.47 Å². The van der Waals surface area contributed by atoms with E-state index < -0.39 is 4.92 Å². The molecular formula is C22H19BrN2O6S. The van der Waals surface area contributed by atoms with Crippen LogP contribution >= 0.6 is 27.7 Å². The van der Waals surface area contributed by atoms with E-state index in [1.54, 1.807) is 30.3 Å². The predicted octanol–water partition coefficient (Wildman–Crippen LogP) is 5.56. The smallest absolute Gasteiger partial charge is 0.293 e. The normalized spacial score (nSPS) is 14.7. The quantitative estimate of drug-likeness (QED) is 0.185. The average molecular weight is 519 g/mol. The van der Waals surface area contributed by atoms with Gasteiger partial charge in [-0.05, 0) is 76.1 Å². The zero-order valence-electron chi connectivity index (χ0n) is 17.1. The van der Waals surface area contributed by atoms with Crippen molar-refractivity contribution in [2.24, 2.45) is 0 Å². The molecule has 0 aromatic heterocycles. The molecule has 0 aliphatic carbocycles. The second kappa shape index (κ2) is 10.5. The first kappa shape index (κ1) is 23.6. The van der Waals surface area contributed by atoms with Crippen molar-refractivity contribution in [1.29, 1.82) is 0 Å². The SMILES string of the molecule is C=CCN1C(=O)S/C(=C/c2cc(Br)c(OCc3ccc([N+](=O)[O-])cc3)c(OCC)c2)C1=O. The van der Waals surface area contributed by atoms with E-state index in [1.807, 2.05) is 6.92 Å². The van der Waals surface area contributed by atoms with Crippen LogP contribution in [-0.4, -0.2) is 34.1 Å². The number of hydrogen-bond donors (Lipinski definition) is 0. The van der Waals surface area contributed by atoms with E-state index in [9.17, 15) is 19.7 Å². The Bertz CT molecular complexity index is 1100. The highest BCUT2D eigenvalue weighted by Gasteiger charge is 2.34. The summed E-state index contributed by atoms with van der Waals surface area (Å²) in [7, 11) is 0. The van der Waals surface area contributed by atoms with E-state index >= 15 is 0 Å². The maximum Gasteiger partial charge on any atom is 0.293 e. The summed E-state index contributed by atoms with van der Waals surface area (Å²) in [5, 5.41) is 10.5. The van der Waals surface area contributed by atoms with Crippen molar-refractivity contribution < 1.29 is 24.0 Å². The van der Waals surface area contributed by atoms with Crippen LogP contribution in [0.4, 0.5) is 10.5 Å². The molecule has 0 bridgehead atoms. The molecule has 3 rings (SSSR count). The highest BCUT2D eigenvalue weighted by Crippen LogP contribution is 2.39. The number of carbonyl (C=O) groups is 2. The second-order valence-electron chi connectivity index (χ2n) is 6.56. The highest BCUT2D eigenvalue weighted by molar-refractivity contribution is 9.10. The maximum atomic E-state index is 12.5. The molecule has 0 radical (unpaired) electrons. The van der Waals surface area contributed by atoms with Crippen molar-refractivity contribution in [3.8, 4) is 11.5 Å². The first-order chi connectivity index (χ1) is 15.3. The van der Waals surface area contributed by atoms with E-state index in [0.29, 0.717) is 33.0 Å². The van der Waals surface area contributed by atoms with Crippen molar-refractivity contribution in [3.05, 3.63) is 79.7 Å². The minimum Gasteiger partial charge on any atom is -0.490 e. The van der Waals surface area contributed by atoms with E-state index in [4.69, 9.17) is 9.47 Å². The number of imide groups is 1. The number of nitro benzene ring substituents is 1. The summed E-state index contributed by atoms with van der Waals surface area (Å²) in [6.07, 6.45) is 3.13. The van der Waals surface area contributed by atoms with Crippen molar-refractivity contribution in [3.63, 3.8) is 0 Å². The third kappa shape index (κ3) is 5.38. The lowest BCUT2D eigenvalue weighted by molar-refractivity contribution is -0.384. The molecule has 1 fully saturated rings. The summed E-state index contributed by atoms with van der Waals surface area (Å²) in [6, 6.07) is 9.57. The third-order valence-corrected chi connectivity index (χ3v) is 5.84. The van der Waals surface area contributed by atoms with Gasteiger partial charge in [-0.2, -0.15) is 0 Å². The molecule has 1 aliphatic heterocycles. The van der Waals surface area contributed by atoms with Gasteiger partial charge in [0.1, 0.15) is 6.61 Å². The highest BCUT2D eigenvalue weighted by atomic mass is 79.9. The van der Waals surface area contributed by atoms with Gasteiger partial charge in [0.25, 0.3) is 16.8 Å². The molecule has 1 heterocycles. The first-order valence-corrected chi connectivity index (χ1v) is 11.1. The van der Waals surface area contributed by atoms with Crippen LogP contribution in [0.15, 0.2) is 58.4 Å². The Labute approximate surface area is 197 Å². The Kier molecular flexibility index (Phi) is 7.70. The number of non-ortho nitro benzene ring substituents is 1. The van der Waals surface area contributed by atoms with Gasteiger partial charge in [0.15, 0.2) is 11.5 Å². The maximum absolute atomic E-state index is 12.5. The molecule has 0 N–H and O–H groups in total. The molecule has 2 amide bonds. The van der Waals surface area contributed by atoms with Gasteiger partial charge >= 0.3 is 0 Å². The van der Waals surface area contributed by atoms with E-state index in [1.165, 1.54) is 18.2 Å². The number of thioether (sulfide) groups is 1. The van der Waals surface area contributed by atoms with Crippen molar-refractivity contribution in [2.75, 3.05) is 13.2 Å². The summed E-state index contributed by atoms with van der Waals surface area (Å²) in [5.41, 5.74) is 1.42. The number of carbonyl (C=O) groups excluding carboxylic acids is 2. The average Bonchev–Trinajstić information content (AvgIpc) is 3.01. The van der Waals surface area contributed by atoms with Crippen LogP contribution in [0.5, 0.6) is 11.5 Å². The molecule has 0 atom stereocenters. The number of hydrogen-bond acceptors (Lipinski definition) is 7. The molecule has 166 valence electrons. The fourth-order valence-electron chi connectivity index (χ4n) is 2.88. The van der Waals surface area contributed by atoms with Gasteiger partial charge in [-0.3, -0.25) is 24.6 Å². The molecule has 0 spiro atoms. The van der Waals surface area contributed by atoms with E-state index in [-0.39, 0.29) is 30.0 Å². The van der Waals surface area contributed by atoms with Crippen LogP contribution in [-0.2, 0) is 11.4 Å². The molecular weight excluding hydrogens is 500 g/mol. The first-order valence-electron chi connectivity index (χ1n) is 9.52. The molecule has 32 heavy (non-hydrogen) atoms. The fraction of sp³-hybridized carbons (Fsp3) is 0.182. The molecule has 8 nitrogen and oxygen atoms in total. The zero-order valence-corrected chi connectivity index (χ0v) is 19.5. The number of halogens is 1. The van der Waals surface area contributed by atoms with Crippen LogP contribution in [0.1, 0.15) is 18.1 Å². The number of rotatable bonds is 9. The Morgan fingerprint density at radius 2 is 1.94 bits per heavy atom. The predicted molar refractivity (Wildman–Crippen MR) is 126 cm³/mol. The number of benzene rings is 2. The van der Waals surface area contributed by atoms with E-state index in [2.05, 4.69) is 22.5 Å². The Balaban J connectivity index is 1.83. The third-order valence-electron chi connectivity index (χ3n) is 4.35. The number of nitro groups is 1. The van der Waals surface area contributed by atoms with Gasteiger partial charge in [-0.15, -0.1) is 6.58 Å². The molecule has 0 unspecified atom stereocenters. The zero-order chi connectivity index (χ0) is 23.3. The Morgan fingerprint density at radius 1 is 1.22 bits per heavy atom. The van der Waals surface area contributed by atoms with Gasteiger partial charge in [0.2, 0.25) is 0 Å². The summed E-state index contributed by atoms with van der Waals surface area (Å²) in [4.78, 5) is 36.3. The number of nitrogens with zero attached hydrogens (tertiary/aromatic N) is 2.